The van der Waals surface area contributed by atoms with Gasteiger partial charge in [-0.3, -0.25) is 4.79 Å². The average molecular weight is 322 g/mol. The highest BCUT2D eigenvalue weighted by molar-refractivity contribution is 6.30. The molecule has 2 aliphatic heterocycles. The van der Waals surface area contributed by atoms with Gasteiger partial charge in [0.2, 0.25) is 6.10 Å². The van der Waals surface area contributed by atoms with E-state index in [1.54, 1.807) is 0 Å². The van der Waals surface area contributed by atoms with E-state index >= 15 is 0 Å². The van der Waals surface area contributed by atoms with Crippen molar-refractivity contribution in [2.75, 3.05) is 20.1 Å². The Bertz CT molecular complexity index is 573. The summed E-state index contributed by atoms with van der Waals surface area (Å²) < 4.78 is 0. The summed E-state index contributed by atoms with van der Waals surface area (Å²) in [5, 5.41) is 7.80. The summed E-state index contributed by atoms with van der Waals surface area (Å²) in [6.07, 6.45) is 2.10. The molecule has 5 nitrogen and oxygen atoms in total. The molecule has 2 heterocycles. The van der Waals surface area contributed by atoms with Crippen molar-refractivity contribution >= 4 is 23.2 Å². The number of hydrogen-bond donors (Lipinski definition) is 1. The Morgan fingerprint density at radius 2 is 2.18 bits per heavy atom. The van der Waals surface area contributed by atoms with Crippen molar-refractivity contribution in [3.63, 3.8) is 0 Å². The second-order valence-corrected chi connectivity index (χ2v) is 6.39. The molecule has 0 saturated carbocycles. The Kier molecular flexibility index (Phi) is 4.64. The molecule has 1 fully saturated rings. The number of carbonyl (C=O) groups is 1. The summed E-state index contributed by atoms with van der Waals surface area (Å²) in [6.45, 7) is 1.99. The lowest BCUT2D eigenvalue weighted by Crippen LogP contribution is -2.49. The summed E-state index contributed by atoms with van der Waals surface area (Å²) in [7, 11) is 2.08. The number of benzene rings is 1. The number of likely N-dealkylation sites (tertiary alicyclic amines) is 1. The van der Waals surface area contributed by atoms with Gasteiger partial charge in [0.15, 0.2) is 0 Å². The van der Waals surface area contributed by atoms with E-state index in [4.69, 9.17) is 16.4 Å². The molecule has 0 aliphatic carbocycles. The second kappa shape index (κ2) is 6.67. The van der Waals surface area contributed by atoms with E-state index < -0.39 is 6.10 Å². The fourth-order valence-electron chi connectivity index (χ4n) is 2.91. The Labute approximate surface area is 135 Å². The maximum Gasteiger partial charge on any atom is 0.264 e. The number of amides is 1. The number of oxime groups is 1. The van der Waals surface area contributed by atoms with Gasteiger partial charge >= 0.3 is 0 Å². The lowest BCUT2D eigenvalue weighted by atomic mass is 10.0. The molecule has 1 aromatic rings. The normalized spacial score (nSPS) is 25.5. The van der Waals surface area contributed by atoms with Gasteiger partial charge in [-0.15, -0.1) is 0 Å². The van der Waals surface area contributed by atoms with Crippen LogP contribution in [0.4, 0.5) is 0 Å². The molecule has 1 amide bonds. The van der Waals surface area contributed by atoms with E-state index in [0.717, 1.165) is 37.2 Å². The van der Waals surface area contributed by atoms with Crippen LogP contribution in [0.25, 0.3) is 0 Å². The van der Waals surface area contributed by atoms with Crippen LogP contribution < -0.4 is 5.32 Å². The zero-order valence-electron chi connectivity index (χ0n) is 12.6. The van der Waals surface area contributed by atoms with Crippen LogP contribution in [-0.2, 0) is 9.63 Å². The Morgan fingerprint density at radius 1 is 1.41 bits per heavy atom. The molecular formula is C16H20ClN3O2. The molecule has 22 heavy (non-hydrogen) atoms. The third kappa shape index (κ3) is 3.59. The molecule has 1 aromatic carbocycles. The van der Waals surface area contributed by atoms with E-state index in [0.29, 0.717) is 11.4 Å². The number of nitrogens with one attached hydrogen (secondary N) is 1. The average Bonchev–Trinajstić information content (AvgIpc) is 2.98. The molecule has 3 rings (SSSR count). The lowest BCUT2D eigenvalue weighted by Gasteiger charge is -2.30. The predicted molar refractivity (Wildman–Crippen MR) is 86.1 cm³/mol. The molecule has 6 heteroatoms. The SMILES string of the molecule is CN1CCC[C@@H](NC(=O)[C@H]2CC(c3ccc(Cl)cc3)=NO2)C1. The van der Waals surface area contributed by atoms with E-state index in [9.17, 15) is 4.79 Å². The Morgan fingerprint density at radius 3 is 2.91 bits per heavy atom. The van der Waals surface area contributed by atoms with E-state index in [1.165, 1.54) is 0 Å². The fraction of sp³-hybridized carbons (Fsp3) is 0.500. The molecule has 1 saturated heterocycles. The van der Waals surface area contributed by atoms with Crippen molar-refractivity contribution in [3.8, 4) is 0 Å². The number of halogens is 1. The zero-order valence-corrected chi connectivity index (χ0v) is 13.3. The molecule has 2 atom stereocenters. The van der Waals surface area contributed by atoms with Crippen LogP contribution in [0, 0.1) is 0 Å². The maximum absolute atomic E-state index is 12.3. The first-order chi connectivity index (χ1) is 10.6. The van der Waals surface area contributed by atoms with Crippen LogP contribution in [0.1, 0.15) is 24.8 Å². The van der Waals surface area contributed by atoms with Crippen LogP contribution in [0.15, 0.2) is 29.4 Å². The Balaban J connectivity index is 1.54. The van der Waals surface area contributed by atoms with Crippen molar-refractivity contribution in [1.29, 1.82) is 0 Å². The van der Waals surface area contributed by atoms with Gasteiger partial charge in [0.1, 0.15) is 0 Å². The van der Waals surface area contributed by atoms with Crippen molar-refractivity contribution in [2.24, 2.45) is 5.16 Å². The van der Waals surface area contributed by atoms with E-state index in [-0.39, 0.29) is 11.9 Å². The molecule has 0 spiro atoms. The molecule has 0 aromatic heterocycles. The van der Waals surface area contributed by atoms with Gasteiger partial charge in [-0.2, -0.15) is 0 Å². The molecule has 118 valence electrons. The number of carbonyl (C=O) groups excluding carboxylic acids is 1. The first-order valence-corrected chi connectivity index (χ1v) is 7.97. The third-order valence-electron chi connectivity index (χ3n) is 4.11. The number of nitrogens with zero attached hydrogens (tertiary/aromatic N) is 2. The van der Waals surface area contributed by atoms with E-state index in [2.05, 4.69) is 22.4 Å². The van der Waals surface area contributed by atoms with Crippen molar-refractivity contribution in [2.45, 2.75) is 31.4 Å². The molecule has 0 bridgehead atoms. The second-order valence-electron chi connectivity index (χ2n) is 5.95. The summed E-state index contributed by atoms with van der Waals surface area (Å²) in [6, 6.07) is 7.60. The maximum atomic E-state index is 12.3. The van der Waals surface area contributed by atoms with Crippen LogP contribution in [0.5, 0.6) is 0 Å². The van der Waals surface area contributed by atoms with Gasteiger partial charge in [0.25, 0.3) is 5.91 Å². The minimum atomic E-state index is -0.530. The van der Waals surface area contributed by atoms with Crippen molar-refractivity contribution in [1.82, 2.24) is 10.2 Å². The van der Waals surface area contributed by atoms with Crippen molar-refractivity contribution in [3.05, 3.63) is 34.9 Å². The highest BCUT2D eigenvalue weighted by Crippen LogP contribution is 2.19. The topological polar surface area (TPSA) is 53.9 Å². The third-order valence-corrected chi connectivity index (χ3v) is 4.36. The predicted octanol–water partition coefficient (Wildman–Crippen LogP) is 2.04. The fourth-order valence-corrected chi connectivity index (χ4v) is 3.04. The quantitative estimate of drug-likeness (QED) is 0.927. The number of hydrogen-bond acceptors (Lipinski definition) is 4. The van der Waals surface area contributed by atoms with Gasteiger partial charge < -0.3 is 15.1 Å². The van der Waals surface area contributed by atoms with Gasteiger partial charge in [-0.05, 0) is 44.1 Å². The van der Waals surface area contributed by atoms with Crippen LogP contribution in [0.3, 0.4) is 0 Å². The molecule has 0 unspecified atom stereocenters. The number of rotatable bonds is 3. The Hall–Kier alpha value is -1.59. The molecule has 2 aliphatic rings. The molecule has 0 radical (unpaired) electrons. The van der Waals surface area contributed by atoms with Crippen LogP contribution in [0.2, 0.25) is 5.02 Å². The molecular weight excluding hydrogens is 302 g/mol. The first-order valence-electron chi connectivity index (χ1n) is 7.59. The van der Waals surface area contributed by atoms with E-state index in [1.807, 2.05) is 24.3 Å². The number of piperidine rings is 1. The zero-order chi connectivity index (χ0) is 15.5. The monoisotopic (exact) mass is 321 g/mol. The first kappa shape index (κ1) is 15.3. The van der Waals surface area contributed by atoms with Gasteiger partial charge in [0, 0.05) is 24.0 Å². The summed E-state index contributed by atoms with van der Waals surface area (Å²) in [4.78, 5) is 19.8. The summed E-state index contributed by atoms with van der Waals surface area (Å²) >= 11 is 5.88. The van der Waals surface area contributed by atoms with Gasteiger partial charge in [-0.1, -0.05) is 28.9 Å². The summed E-state index contributed by atoms with van der Waals surface area (Å²) in [5.41, 5.74) is 1.73. The highest BCUT2D eigenvalue weighted by Gasteiger charge is 2.31. The summed E-state index contributed by atoms with van der Waals surface area (Å²) in [5.74, 6) is -0.0759. The minimum Gasteiger partial charge on any atom is -0.382 e. The van der Waals surface area contributed by atoms with Crippen molar-refractivity contribution < 1.29 is 9.63 Å². The van der Waals surface area contributed by atoms with Gasteiger partial charge in [0.05, 0.1) is 5.71 Å². The molecule has 1 N–H and O–H groups in total. The standard InChI is InChI=1S/C16H20ClN3O2/c1-20-8-2-3-13(10-20)18-16(21)15-9-14(19-22-15)11-4-6-12(17)7-5-11/h4-7,13,15H,2-3,8-10H2,1H3,(H,18,21)/t13-,15-/m1/s1. The van der Waals surface area contributed by atoms with Crippen LogP contribution >= 0.6 is 11.6 Å². The van der Waals surface area contributed by atoms with Crippen LogP contribution in [-0.4, -0.2) is 48.8 Å². The van der Waals surface area contributed by atoms with Gasteiger partial charge in [-0.25, -0.2) is 0 Å². The number of likely N-dealkylation sites (N-methyl/N-ethyl adjacent to an activating group) is 1. The highest BCUT2D eigenvalue weighted by atomic mass is 35.5. The largest absolute Gasteiger partial charge is 0.382 e. The minimum absolute atomic E-state index is 0.0759. The smallest absolute Gasteiger partial charge is 0.264 e. The lowest BCUT2D eigenvalue weighted by molar-refractivity contribution is -0.132.